The number of guanidine groups is 1. The highest BCUT2D eigenvalue weighted by Gasteiger charge is 2.22. The first-order chi connectivity index (χ1) is 11.6. The Balaban J connectivity index is 0. The molecule has 0 aliphatic carbocycles. The number of ether oxygens (including phenoxy) is 1. The van der Waals surface area contributed by atoms with E-state index >= 15 is 0 Å². The van der Waals surface area contributed by atoms with E-state index in [4.69, 9.17) is 4.74 Å². The monoisotopic (exact) mass is 488 g/mol. The first kappa shape index (κ1) is 27.4. The summed E-state index contributed by atoms with van der Waals surface area (Å²) in [7, 11) is 1.95. The first-order valence-electron chi connectivity index (χ1n) is 9.15. The van der Waals surface area contributed by atoms with Crippen molar-refractivity contribution in [2.75, 3.05) is 33.4 Å². The van der Waals surface area contributed by atoms with E-state index in [0.29, 0.717) is 13.0 Å². The van der Waals surface area contributed by atoms with Crippen molar-refractivity contribution in [1.82, 2.24) is 15.5 Å². The molecule has 2 N–H and O–H groups in total. The predicted octanol–water partition coefficient (Wildman–Crippen LogP) is 3.80. The predicted molar refractivity (Wildman–Crippen MR) is 117 cm³/mol. The summed E-state index contributed by atoms with van der Waals surface area (Å²) >= 11 is 0. The zero-order chi connectivity index (χ0) is 19.5. The third-order valence-electron chi connectivity index (χ3n) is 3.53. The Labute approximate surface area is 175 Å². The summed E-state index contributed by atoms with van der Waals surface area (Å²) in [5.41, 5.74) is -0.510. The largest absolute Gasteiger partial charge is 0.444 e. The maximum absolute atomic E-state index is 12.3. The van der Waals surface area contributed by atoms with E-state index in [9.17, 15) is 9.18 Å². The molecule has 0 aliphatic rings. The number of hydrogen-bond donors (Lipinski definition) is 2. The molecule has 156 valence electrons. The molecule has 0 saturated heterocycles. The Morgan fingerprint density at radius 2 is 1.92 bits per heavy atom. The van der Waals surface area contributed by atoms with E-state index in [0.717, 1.165) is 25.5 Å². The molecule has 0 spiro atoms. The van der Waals surface area contributed by atoms with Crippen LogP contribution in [0.15, 0.2) is 4.99 Å². The Morgan fingerprint density at radius 3 is 2.38 bits per heavy atom. The average Bonchev–Trinajstić information content (AvgIpc) is 2.48. The molecule has 0 rings (SSSR count). The minimum Gasteiger partial charge on any atom is -0.444 e. The van der Waals surface area contributed by atoms with E-state index in [-0.39, 0.29) is 42.6 Å². The first-order valence-corrected chi connectivity index (χ1v) is 9.15. The molecule has 6 nitrogen and oxygen atoms in total. The zero-order valence-corrected chi connectivity index (χ0v) is 19.7. The number of rotatable bonds is 9. The van der Waals surface area contributed by atoms with Crippen molar-refractivity contribution < 1.29 is 13.9 Å². The Hall–Kier alpha value is -0.800. The van der Waals surface area contributed by atoms with Gasteiger partial charge in [0.15, 0.2) is 5.96 Å². The van der Waals surface area contributed by atoms with Crippen molar-refractivity contribution in [2.24, 2.45) is 10.9 Å². The van der Waals surface area contributed by atoms with Crippen molar-refractivity contribution in [3.8, 4) is 0 Å². The normalized spacial score (nSPS) is 13.0. The molecule has 0 aromatic carbocycles. The van der Waals surface area contributed by atoms with Crippen LogP contribution in [-0.2, 0) is 4.74 Å². The van der Waals surface area contributed by atoms with Crippen LogP contribution < -0.4 is 10.6 Å². The van der Waals surface area contributed by atoms with E-state index in [1.165, 1.54) is 0 Å². The number of carbonyl (C=O) groups is 1. The fraction of sp³-hybridized carbons (Fsp3) is 0.889. The molecular formula is C18H38FIN4O2. The molecule has 0 heterocycles. The van der Waals surface area contributed by atoms with Gasteiger partial charge in [-0.15, -0.1) is 24.0 Å². The Bertz CT molecular complexity index is 414. The van der Waals surface area contributed by atoms with E-state index in [1.54, 1.807) is 0 Å². The standard InChI is InChI=1S/C18H37FN4O2.HI/c1-8-20-16(21-12-9-11-19)23(7)13-10-15(14(2)3)22-17(24)25-18(4,5)6;/h14-15H,8-13H2,1-7H3,(H,20,21)(H,22,24);1H. The van der Waals surface area contributed by atoms with Crippen molar-refractivity contribution in [3.05, 3.63) is 0 Å². The lowest BCUT2D eigenvalue weighted by molar-refractivity contribution is 0.0486. The molecule has 0 radical (unpaired) electrons. The number of aliphatic imine (C=N–C) groups is 1. The van der Waals surface area contributed by atoms with Crippen LogP contribution in [0.5, 0.6) is 0 Å². The van der Waals surface area contributed by atoms with Gasteiger partial charge in [-0.25, -0.2) is 4.79 Å². The SMILES string of the molecule is CCNC(=NCCCF)N(C)CCC(NC(=O)OC(C)(C)C)C(C)C.I. The lowest BCUT2D eigenvalue weighted by Gasteiger charge is -2.28. The Kier molecular flexibility index (Phi) is 15.1. The minimum atomic E-state index is -0.510. The van der Waals surface area contributed by atoms with Gasteiger partial charge in [-0.05, 0) is 46.5 Å². The molecule has 1 unspecified atom stereocenters. The molecule has 0 bridgehead atoms. The highest BCUT2D eigenvalue weighted by molar-refractivity contribution is 14.0. The fourth-order valence-electron chi connectivity index (χ4n) is 2.18. The number of alkyl carbamates (subject to hydrolysis) is 1. The zero-order valence-electron chi connectivity index (χ0n) is 17.4. The summed E-state index contributed by atoms with van der Waals surface area (Å²) < 4.78 is 17.6. The van der Waals surface area contributed by atoms with Gasteiger partial charge in [0.05, 0.1) is 6.67 Å². The van der Waals surface area contributed by atoms with E-state index in [1.807, 2.05) is 39.6 Å². The van der Waals surface area contributed by atoms with Crippen LogP contribution in [0.2, 0.25) is 0 Å². The summed E-state index contributed by atoms with van der Waals surface area (Å²) in [6.45, 7) is 13.3. The minimum absolute atomic E-state index is 0. The summed E-state index contributed by atoms with van der Waals surface area (Å²) in [5.74, 6) is 1.04. The van der Waals surface area contributed by atoms with Crippen molar-refractivity contribution >= 4 is 36.0 Å². The summed E-state index contributed by atoms with van der Waals surface area (Å²) in [4.78, 5) is 18.4. The van der Waals surface area contributed by atoms with Crippen LogP contribution in [0, 0.1) is 5.92 Å². The van der Waals surface area contributed by atoms with Crippen molar-refractivity contribution in [3.63, 3.8) is 0 Å². The van der Waals surface area contributed by atoms with E-state index in [2.05, 4.69) is 29.5 Å². The molecule has 1 atom stereocenters. The smallest absolute Gasteiger partial charge is 0.407 e. The second-order valence-electron chi connectivity index (χ2n) is 7.49. The van der Waals surface area contributed by atoms with Gasteiger partial charge in [0.2, 0.25) is 0 Å². The summed E-state index contributed by atoms with van der Waals surface area (Å²) in [6, 6.07) is 0.00557. The molecule has 0 aliphatic heterocycles. The molecule has 0 aromatic heterocycles. The number of halogens is 2. The molecule has 1 amide bonds. The number of carbonyl (C=O) groups excluding carboxylic acids is 1. The number of hydrogen-bond acceptors (Lipinski definition) is 3. The average molecular weight is 488 g/mol. The third-order valence-corrected chi connectivity index (χ3v) is 3.53. The van der Waals surface area contributed by atoms with Crippen molar-refractivity contribution in [1.29, 1.82) is 0 Å². The van der Waals surface area contributed by atoms with Crippen LogP contribution >= 0.6 is 24.0 Å². The highest BCUT2D eigenvalue weighted by atomic mass is 127. The molecule has 0 aromatic rings. The fourth-order valence-corrected chi connectivity index (χ4v) is 2.18. The van der Waals surface area contributed by atoms with Gasteiger partial charge >= 0.3 is 6.09 Å². The summed E-state index contributed by atoms with van der Waals surface area (Å²) in [5, 5.41) is 6.16. The van der Waals surface area contributed by atoms with Crippen molar-refractivity contribution in [2.45, 2.75) is 66.0 Å². The van der Waals surface area contributed by atoms with Crippen LogP contribution in [0.25, 0.3) is 0 Å². The summed E-state index contributed by atoms with van der Waals surface area (Å²) in [6.07, 6.45) is 0.802. The van der Waals surface area contributed by atoms with Crippen LogP contribution in [-0.4, -0.2) is 62.0 Å². The molecule has 26 heavy (non-hydrogen) atoms. The van der Waals surface area contributed by atoms with Crippen LogP contribution in [0.1, 0.15) is 54.4 Å². The Morgan fingerprint density at radius 1 is 1.31 bits per heavy atom. The molecule has 0 saturated carbocycles. The maximum atomic E-state index is 12.3. The number of alkyl halides is 1. The third kappa shape index (κ3) is 13.4. The lowest BCUT2D eigenvalue weighted by atomic mass is 10.0. The topological polar surface area (TPSA) is 66.0 Å². The molecule has 0 fully saturated rings. The van der Waals surface area contributed by atoms with Gasteiger partial charge in [0.25, 0.3) is 0 Å². The second-order valence-corrected chi connectivity index (χ2v) is 7.49. The van der Waals surface area contributed by atoms with Crippen LogP contribution in [0.3, 0.4) is 0 Å². The van der Waals surface area contributed by atoms with Gasteiger partial charge < -0.3 is 20.3 Å². The molecular weight excluding hydrogens is 450 g/mol. The quantitative estimate of drug-likeness (QED) is 0.224. The lowest BCUT2D eigenvalue weighted by Crippen LogP contribution is -2.45. The number of amides is 1. The molecule has 8 heteroatoms. The van der Waals surface area contributed by atoms with Gasteiger partial charge in [-0.2, -0.15) is 0 Å². The van der Waals surface area contributed by atoms with Gasteiger partial charge in [-0.3, -0.25) is 9.38 Å². The van der Waals surface area contributed by atoms with Crippen LogP contribution in [0.4, 0.5) is 9.18 Å². The number of nitrogens with one attached hydrogen (secondary N) is 2. The second kappa shape index (κ2) is 14.3. The highest BCUT2D eigenvalue weighted by Crippen LogP contribution is 2.11. The maximum Gasteiger partial charge on any atom is 0.407 e. The van der Waals surface area contributed by atoms with Gasteiger partial charge in [-0.1, -0.05) is 13.8 Å². The van der Waals surface area contributed by atoms with Gasteiger partial charge in [0.1, 0.15) is 5.60 Å². The van der Waals surface area contributed by atoms with Gasteiger partial charge in [0, 0.05) is 32.7 Å². The van der Waals surface area contributed by atoms with E-state index < -0.39 is 11.7 Å². The number of nitrogens with zero attached hydrogens (tertiary/aromatic N) is 2.